The van der Waals surface area contributed by atoms with Gasteiger partial charge in [-0.25, -0.2) is 4.39 Å². The van der Waals surface area contributed by atoms with Crippen molar-refractivity contribution in [2.45, 2.75) is 38.8 Å². The van der Waals surface area contributed by atoms with Crippen LogP contribution in [0.15, 0.2) is 18.2 Å². The van der Waals surface area contributed by atoms with E-state index in [-0.39, 0.29) is 11.1 Å². The van der Waals surface area contributed by atoms with Crippen LogP contribution in [0.2, 0.25) is 5.02 Å². The molecule has 0 spiro atoms. The summed E-state index contributed by atoms with van der Waals surface area (Å²) in [5.41, 5.74) is 6.60. The highest BCUT2D eigenvalue weighted by Crippen LogP contribution is 2.20. The zero-order valence-corrected chi connectivity index (χ0v) is 11.2. The van der Waals surface area contributed by atoms with Crippen molar-refractivity contribution >= 4 is 11.6 Å². The molecule has 0 saturated heterocycles. The molecule has 1 rings (SSSR count). The van der Waals surface area contributed by atoms with Crippen LogP contribution in [-0.4, -0.2) is 18.2 Å². The summed E-state index contributed by atoms with van der Waals surface area (Å²) in [4.78, 5) is 0. The SMILES string of the molecule is CCOC(C)(C)C(N)Cc1ccc(F)c(Cl)c1. The van der Waals surface area contributed by atoms with Gasteiger partial charge in [-0.3, -0.25) is 0 Å². The van der Waals surface area contributed by atoms with E-state index in [1.54, 1.807) is 12.1 Å². The summed E-state index contributed by atoms with van der Waals surface area (Å²) in [6, 6.07) is 4.50. The average Bonchev–Trinajstić information content (AvgIpc) is 2.23. The molecule has 0 heterocycles. The van der Waals surface area contributed by atoms with Gasteiger partial charge in [0.15, 0.2) is 0 Å². The number of ether oxygens (including phenoxy) is 1. The highest BCUT2D eigenvalue weighted by Gasteiger charge is 2.26. The maximum Gasteiger partial charge on any atom is 0.141 e. The highest BCUT2D eigenvalue weighted by molar-refractivity contribution is 6.30. The first-order valence-corrected chi connectivity index (χ1v) is 6.08. The van der Waals surface area contributed by atoms with Crippen molar-refractivity contribution in [1.82, 2.24) is 0 Å². The second-order valence-electron chi connectivity index (χ2n) is 4.60. The molecule has 2 nitrogen and oxygen atoms in total. The summed E-state index contributed by atoms with van der Waals surface area (Å²) in [6.45, 7) is 6.45. The fourth-order valence-electron chi connectivity index (χ4n) is 1.65. The molecule has 0 saturated carbocycles. The predicted octanol–water partition coefficient (Wildman–Crippen LogP) is 3.16. The molecule has 17 heavy (non-hydrogen) atoms. The van der Waals surface area contributed by atoms with Crippen LogP contribution >= 0.6 is 11.6 Å². The molecule has 0 aliphatic heterocycles. The molecule has 1 aromatic rings. The average molecular weight is 260 g/mol. The summed E-state index contributed by atoms with van der Waals surface area (Å²) < 4.78 is 18.6. The molecule has 2 N–H and O–H groups in total. The van der Waals surface area contributed by atoms with E-state index in [4.69, 9.17) is 22.1 Å². The van der Waals surface area contributed by atoms with E-state index in [9.17, 15) is 4.39 Å². The van der Waals surface area contributed by atoms with Crippen LogP contribution in [0.5, 0.6) is 0 Å². The molecule has 0 aromatic heterocycles. The fourth-order valence-corrected chi connectivity index (χ4v) is 1.85. The summed E-state index contributed by atoms with van der Waals surface area (Å²) in [5, 5.41) is 0.129. The number of hydrogen-bond donors (Lipinski definition) is 1. The van der Waals surface area contributed by atoms with Crippen LogP contribution in [0.3, 0.4) is 0 Å². The Balaban J connectivity index is 2.73. The van der Waals surface area contributed by atoms with Crippen molar-refractivity contribution in [2.24, 2.45) is 5.73 Å². The monoisotopic (exact) mass is 259 g/mol. The van der Waals surface area contributed by atoms with Crippen molar-refractivity contribution in [1.29, 1.82) is 0 Å². The summed E-state index contributed by atoms with van der Waals surface area (Å²) >= 11 is 5.73. The lowest BCUT2D eigenvalue weighted by Gasteiger charge is -2.31. The topological polar surface area (TPSA) is 35.2 Å². The minimum absolute atomic E-state index is 0.129. The fraction of sp³-hybridized carbons (Fsp3) is 0.538. The third-order valence-electron chi connectivity index (χ3n) is 2.85. The Bertz CT molecular complexity index is 382. The summed E-state index contributed by atoms with van der Waals surface area (Å²) in [6.07, 6.45) is 0.604. The largest absolute Gasteiger partial charge is 0.374 e. The maximum atomic E-state index is 13.0. The van der Waals surface area contributed by atoms with Gasteiger partial charge in [-0.15, -0.1) is 0 Å². The molecule has 96 valence electrons. The van der Waals surface area contributed by atoms with Crippen molar-refractivity contribution in [3.8, 4) is 0 Å². The Labute approximate surface area is 107 Å². The van der Waals surface area contributed by atoms with Gasteiger partial charge in [-0.2, -0.15) is 0 Å². The zero-order valence-electron chi connectivity index (χ0n) is 10.5. The van der Waals surface area contributed by atoms with Gasteiger partial charge in [0.25, 0.3) is 0 Å². The molecule has 0 bridgehead atoms. The first kappa shape index (κ1) is 14.4. The van der Waals surface area contributed by atoms with Crippen molar-refractivity contribution < 1.29 is 9.13 Å². The summed E-state index contributed by atoms with van der Waals surface area (Å²) in [5.74, 6) is -0.409. The molecule has 0 aliphatic carbocycles. The highest BCUT2D eigenvalue weighted by atomic mass is 35.5. The van der Waals surface area contributed by atoms with Crippen molar-refractivity contribution in [2.75, 3.05) is 6.61 Å². The molecule has 0 amide bonds. The Hall–Kier alpha value is -0.640. The first-order chi connectivity index (χ1) is 7.86. The van der Waals surface area contributed by atoms with Crippen LogP contribution in [0.1, 0.15) is 26.3 Å². The smallest absolute Gasteiger partial charge is 0.141 e. The molecular formula is C13H19ClFNO. The molecule has 1 unspecified atom stereocenters. The second-order valence-corrected chi connectivity index (χ2v) is 5.00. The van der Waals surface area contributed by atoms with E-state index < -0.39 is 11.4 Å². The van der Waals surface area contributed by atoms with Crippen LogP contribution < -0.4 is 5.73 Å². The van der Waals surface area contributed by atoms with Crippen molar-refractivity contribution in [3.05, 3.63) is 34.6 Å². The zero-order chi connectivity index (χ0) is 13.1. The van der Waals surface area contributed by atoms with Gasteiger partial charge in [0, 0.05) is 12.6 Å². The lowest BCUT2D eigenvalue weighted by atomic mass is 9.93. The minimum Gasteiger partial charge on any atom is -0.374 e. The Morgan fingerprint density at radius 3 is 2.65 bits per heavy atom. The Kier molecular flexibility index (Phi) is 4.92. The number of benzene rings is 1. The lowest BCUT2D eigenvalue weighted by molar-refractivity contribution is -0.0288. The Morgan fingerprint density at radius 1 is 1.47 bits per heavy atom. The molecule has 4 heteroatoms. The van der Waals surface area contributed by atoms with Crippen LogP contribution in [0.4, 0.5) is 4.39 Å². The van der Waals surface area contributed by atoms with Gasteiger partial charge >= 0.3 is 0 Å². The molecule has 1 aromatic carbocycles. The number of rotatable bonds is 5. The van der Waals surface area contributed by atoms with Crippen molar-refractivity contribution in [3.63, 3.8) is 0 Å². The van der Waals surface area contributed by atoms with Gasteiger partial charge in [0.2, 0.25) is 0 Å². The van der Waals surface area contributed by atoms with Gasteiger partial charge in [0.1, 0.15) is 5.82 Å². The van der Waals surface area contributed by atoms with E-state index >= 15 is 0 Å². The summed E-state index contributed by atoms with van der Waals surface area (Å²) in [7, 11) is 0. The number of halogens is 2. The normalized spacial score (nSPS) is 13.8. The minimum atomic E-state index is -0.409. The second kappa shape index (κ2) is 5.80. The third-order valence-corrected chi connectivity index (χ3v) is 3.14. The van der Waals surface area contributed by atoms with E-state index in [1.807, 2.05) is 20.8 Å². The van der Waals surface area contributed by atoms with E-state index in [0.29, 0.717) is 13.0 Å². The van der Waals surface area contributed by atoms with Gasteiger partial charge in [0.05, 0.1) is 10.6 Å². The maximum absolute atomic E-state index is 13.0. The van der Waals surface area contributed by atoms with Crippen LogP contribution in [0, 0.1) is 5.82 Å². The number of nitrogens with two attached hydrogens (primary N) is 1. The van der Waals surface area contributed by atoms with E-state index in [1.165, 1.54) is 6.07 Å². The number of hydrogen-bond acceptors (Lipinski definition) is 2. The van der Waals surface area contributed by atoms with Crippen LogP contribution in [-0.2, 0) is 11.2 Å². The molecule has 0 radical (unpaired) electrons. The van der Waals surface area contributed by atoms with Gasteiger partial charge in [-0.05, 0) is 44.9 Å². The molecule has 1 atom stereocenters. The lowest BCUT2D eigenvalue weighted by Crippen LogP contribution is -2.46. The molecule has 0 fully saturated rings. The third kappa shape index (κ3) is 3.95. The van der Waals surface area contributed by atoms with E-state index in [0.717, 1.165) is 5.56 Å². The first-order valence-electron chi connectivity index (χ1n) is 5.70. The molecule has 0 aliphatic rings. The predicted molar refractivity (Wildman–Crippen MR) is 68.8 cm³/mol. The Morgan fingerprint density at radius 2 is 2.12 bits per heavy atom. The standard InChI is InChI=1S/C13H19ClFNO/c1-4-17-13(2,3)12(16)8-9-5-6-11(15)10(14)7-9/h5-7,12H,4,8,16H2,1-3H3. The molecular weight excluding hydrogens is 241 g/mol. The van der Waals surface area contributed by atoms with Gasteiger partial charge < -0.3 is 10.5 Å². The van der Waals surface area contributed by atoms with E-state index in [2.05, 4.69) is 0 Å². The quantitative estimate of drug-likeness (QED) is 0.882. The van der Waals surface area contributed by atoms with Crippen LogP contribution in [0.25, 0.3) is 0 Å². The van der Waals surface area contributed by atoms with Gasteiger partial charge in [-0.1, -0.05) is 17.7 Å².